The summed E-state index contributed by atoms with van der Waals surface area (Å²) in [6.07, 6.45) is 7.40. The average Bonchev–Trinajstić information content (AvgIpc) is 2.10. The molecule has 0 rings (SSSR count). The number of nitrogens with two attached hydrogens (primary N) is 1. The predicted molar refractivity (Wildman–Crippen MR) is 56.9 cm³/mol. The molecule has 0 amide bonds. The maximum atomic E-state index is 5.19. The van der Waals surface area contributed by atoms with Crippen LogP contribution in [0.5, 0.6) is 0 Å². The summed E-state index contributed by atoms with van der Waals surface area (Å²) in [4.78, 5) is 4.12. The third-order valence-corrected chi connectivity index (χ3v) is 1.50. The third-order valence-electron chi connectivity index (χ3n) is 1.50. The highest BCUT2D eigenvalue weighted by atomic mass is 15.1. The van der Waals surface area contributed by atoms with E-state index in [0.717, 1.165) is 13.1 Å². The summed E-state index contributed by atoms with van der Waals surface area (Å²) in [5.41, 5.74) is 8.03. The molecule has 0 fully saturated rings. The Morgan fingerprint density at radius 3 is 2.54 bits per heavy atom. The molecule has 0 aliphatic rings. The number of nitrogens with zero attached hydrogens (tertiary/aromatic N) is 2. The number of hydrogen-bond donors (Lipinski definition) is 1. The first-order valence-corrected chi connectivity index (χ1v) is 4.40. The van der Waals surface area contributed by atoms with E-state index < -0.39 is 0 Å². The molecule has 0 heterocycles. The summed E-state index contributed by atoms with van der Waals surface area (Å²) < 4.78 is 0. The topological polar surface area (TPSA) is 32.5 Å². The van der Waals surface area contributed by atoms with Crippen molar-refractivity contribution in [3.63, 3.8) is 0 Å². The van der Waals surface area contributed by atoms with Gasteiger partial charge in [0.2, 0.25) is 0 Å². The van der Waals surface area contributed by atoms with Gasteiger partial charge in [-0.3, -0.25) is 0 Å². The lowest BCUT2D eigenvalue weighted by atomic mass is 10.5. The number of hydrogen-bond acceptors (Lipinski definition) is 3. The zero-order chi connectivity index (χ0) is 10.1. The van der Waals surface area contributed by atoms with Gasteiger partial charge in [0.15, 0.2) is 0 Å². The molecule has 0 radical (unpaired) electrons. The van der Waals surface area contributed by atoms with E-state index in [-0.39, 0.29) is 0 Å². The fourth-order valence-electron chi connectivity index (χ4n) is 0.815. The van der Waals surface area contributed by atoms with E-state index in [4.69, 9.17) is 5.73 Å². The Kier molecular flexibility index (Phi) is 6.56. The highest BCUT2D eigenvalue weighted by Crippen LogP contribution is 1.89. The van der Waals surface area contributed by atoms with Crippen LogP contribution >= 0.6 is 0 Å². The molecular weight excluding hydrogens is 162 g/mol. The van der Waals surface area contributed by atoms with Gasteiger partial charge in [-0.05, 0) is 19.2 Å². The van der Waals surface area contributed by atoms with E-state index in [1.807, 2.05) is 31.4 Å². The molecule has 74 valence electrons. The predicted octanol–water partition coefficient (Wildman–Crippen LogP) is 0.969. The Hall–Kier alpha value is -1.34. The van der Waals surface area contributed by atoms with E-state index in [1.165, 1.54) is 6.20 Å². The molecule has 0 aromatic heterocycles. The van der Waals surface area contributed by atoms with E-state index in [2.05, 4.69) is 23.6 Å². The molecule has 0 aliphatic heterocycles. The molecule has 0 aromatic carbocycles. The quantitative estimate of drug-likeness (QED) is 0.641. The largest absolute Gasteiger partial charge is 0.398 e. The van der Waals surface area contributed by atoms with Crippen LogP contribution in [-0.2, 0) is 0 Å². The smallest absolute Gasteiger partial charge is 0.0441 e. The molecular formula is C10H19N3. The number of rotatable bonds is 5. The van der Waals surface area contributed by atoms with Crippen molar-refractivity contribution in [2.75, 3.05) is 27.2 Å². The van der Waals surface area contributed by atoms with Gasteiger partial charge in [0.1, 0.15) is 0 Å². The summed E-state index contributed by atoms with van der Waals surface area (Å²) in [5.74, 6) is 0. The van der Waals surface area contributed by atoms with Crippen molar-refractivity contribution >= 4 is 0 Å². The molecule has 3 heteroatoms. The van der Waals surface area contributed by atoms with Gasteiger partial charge in [0, 0.05) is 39.6 Å². The van der Waals surface area contributed by atoms with Crippen LogP contribution in [0.4, 0.5) is 0 Å². The van der Waals surface area contributed by atoms with Crippen LogP contribution in [-0.4, -0.2) is 37.0 Å². The first-order valence-electron chi connectivity index (χ1n) is 4.40. The molecule has 0 saturated heterocycles. The first-order chi connectivity index (χ1) is 6.20. The fraction of sp³-hybridized carbons (Fsp3) is 0.500. The molecule has 0 saturated carbocycles. The fourth-order valence-corrected chi connectivity index (χ4v) is 0.815. The molecule has 0 unspecified atom stereocenters. The summed E-state index contributed by atoms with van der Waals surface area (Å²) in [7, 11) is 4.00. The van der Waals surface area contributed by atoms with Crippen molar-refractivity contribution in [1.82, 2.24) is 9.80 Å². The Morgan fingerprint density at radius 1 is 1.38 bits per heavy atom. The van der Waals surface area contributed by atoms with Crippen LogP contribution in [0.25, 0.3) is 0 Å². The minimum atomic E-state index is 0.884. The summed E-state index contributed by atoms with van der Waals surface area (Å²) in [5, 5.41) is 0. The van der Waals surface area contributed by atoms with Crippen molar-refractivity contribution in [1.29, 1.82) is 0 Å². The maximum absolute atomic E-state index is 5.19. The van der Waals surface area contributed by atoms with Crippen molar-refractivity contribution < 1.29 is 0 Å². The van der Waals surface area contributed by atoms with Gasteiger partial charge in [-0.25, -0.2) is 0 Å². The standard InChI is InChI=1S/C10H19N3/c1-4-13(9-5-7-11)10-6-8-12(2)3/h6-9H,4,10-11H2,1-3H3. The second-order valence-electron chi connectivity index (χ2n) is 2.90. The van der Waals surface area contributed by atoms with E-state index in [1.54, 1.807) is 0 Å². The second kappa shape index (κ2) is 7.32. The van der Waals surface area contributed by atoms with Crippen LogP contribution in [0.3, 0.4) is 0 Å². The molecule has 0 aliphatic carbocycles. The Labute approximate surface area is 80.8 Å². The van der Waals surface area contributed by atoms with Gasteiger partial charge in [-0.1, -0.05) is 5.73 Å². The Balaban J connectivity index is 3.92. The summed E-state index contributed by atoms with van der Waals surface area (Å²) >= 11 is 0. The van der Waals surface area contributed by atoms with Gasteiger partial charge in [0.05, 0.1) is 0 Å². The number of likely N-dealkylation sites (N-methyl/N-ethyl adjacent to an activating group) is 1. The van der Waals surface area contributed by atoms with Crippen molar-refractivity contribution in [3.8, 4) is 0 Å². The van der Waals surface area contributed by atoms with Gasteiger partial charge < -0.3 is 15.5 Å². The van der Waals surface area contributed by atoms with Crippen molar-refractivity contribution in [2.24, 2.45) is 5.73 Å². The van der Waals surface area contributed by atoms with Gasteiger partial charge in [0.25, 0.3) is 0 Å². The van der Waals surface area contributed by atoms with E-state index >= 15 is 0 Å². The third kappa shape index (κ3) is 7.04. The summed E-state index contributed by atoms with van der Waals surface area (Å²) in [6, 6.07) is 0. The zero-order valence-corrected chi connectivity index (χ0v) is 8.70. The normalized spacial score (nSPS) is 9.46. The lowest BCUT2D eigenvalue weighted by molar-refractivity contribution is 0.436. The lowest BCUT2D eigenvalue weighted by Crippen LogP contribution is -2.16. The van der Waals surface area contributed by atoms with Crippen molar-refractivity contribution in [2.45, 2.75) is 6.92 Å². The summed E-state index contributed by atoms with van der Waals surface area (Å²) in [6.45, 7) is 3.94. The highest BCUT2D eigenvalue weighted by molar-refractivity contribution is 4.88. The van der Waals surface area contributed by atoms with Gasteiger partial charge >= 0.3 is 0 Å². The average molecular weight is 181 g/mol. The van der Waals surface area contributed by atoms with Crippen LogP contribution in [0.1, 0.15) is 6.92 Å². The van der Waals surface area contributed by atoms with Gasteiger partial charge in [-0.2, -0.15) is 0 Å². The van der Waals surface area contributed by atoms with Crippen LogP contribution in [0.15, 0.2) is 30.4 Å². The molecule has 0 bridgehead atoms. The minimum absolute atomic E-state index is 0.884. The highest BCUT2D eigenvalue weighted by Gasteiger charge is 1.89. The molecule has 0 aromatic rings. The molecule has 13 heavy (non-hydrogen) atoms. The maximum Gasteiger partial charge on any atom is 0.0441 e. The first kappa shape index (κ1) is 11.7. The van der Waals surface area contributed by atoms with Crippen molar-refractivity contribution in [3.05, 3.63) is 30.4 Å². The molecule has 0 atom stereocenters. The van der Waals surface area contributed by atoms with Crippen LogP contribution in [0, 0.1) is 0 Å². The lowest BCUT2D eigenvalue weighted by Gasteiger charge is -2.14. The van der Waals surface area contributed by atoms with Crippen LogP contribution in [0.2, 0.25) is 0 Å². The minimum Gasteiger partial charge on any atom is -0.398 e. The van der Waals surface area contributed by atoms with Crippen LogP contribution < -0.4 is 5.73 Å². The van der Waals surface area contributed by atoms with E-state index in [0.29, 0.717) is 0 Å². The Bertz CT molecular complexity index is 200. The molecule has 3 nitrogen and oxygen atoms in total. The van der Waals surface area contributed by atoms with E-state index in [9.17, 15) is 0 Å². The monoisotopic (exact) mass is 181 g/mol. The zero-order valence-electron chi connectivity index (χ0n) is 8.70. The molecule has 2 N–H and O–H groups in total. The van der Waals surface area contributed by atoms with Gasteiger partial charge in [-0.15, -0.1) is 0 Å². The Morgan fingerprint density at radius 2 is 2.08 bits per heavy atom. The SMILES string of the molecule is CCN(C=C=CN)CC=CN(C)C. The second-order valence-corrected chi connectivity index (χ2v) is 2.90. The molecule has 0 spiro atoms.